The van der Waals surface area contributed by atoms with Crippen LogP contribution in [0.2, 0.25) is 5.02 Å². The fourth-order valence-electron chi connectivity index (χ4n) is 2.16. The molecule has 0 aliphatic heterocycles. The Morgan fingerprint density at radius 3 is 2.48 bits per heavy atom. The monoisotopic (exact) mass is 375 g/mol. The van der Waals surface area contributed by atoms with Crippen molar-refractivity contribution in [1.82, 2.24) is 0 Å². The van der Waals surface area contributed by atoms with Crippen LogP contribution >= 0.6 is 27.5 Å². The van der Waals surface area contributed by atoms with E-state index in [2.05, 4.69) is 15.9 Å². The summed E-state index contributed by atoms with van der Waals surface area (Å²) in [5, 5.41) is 10.9. The Labute approximate surface area is 134 Å². The Morgan fingerprint density at radius 1 is 1.19 bits per heavy atom. The molecule has 2 rings (SSSR count). The van der Waals surface area contributed by atoms with Crippen molar-refractivity contribution in [1.29, 1.82) is 0 Å². The molecular weight excluding hydrogens is 364 g/mol. The molecule has 0 amide bonds. The summed E-state index contributed by atoms with van der Waals surface area (Å²) < 4.78 is 27.5. The lowest BCUT2D eigenvalue weighted by molar-refractivity contribution is 0.145. The molecule has 0 aliphatic carbocycles. The smallest absolute Gasteiger partial charge is 0.129 e. The van der Waals surface area contributed by atoms with E-state index >= 15 is 0 Å². The summed E-state index contributed by atoms with van der Waals surface area (Å²) >= 11 is 9.25. The average Bonchev–Trinajstić information content (AvgIpc) is 2.44. The second-order valence-corrected chi connectivity index (χ2v) is 5.89. The van der Waals surface area contributed by atoms with Crippen LogP contribution in [0.25, 0.3) is 0 Å². The van der Waals surface area contributed by atoms with Crippen molar-refractivity contribution >= 4 is 27.5 Å². The van der Waals surface area contributed by atoms with E-state index in [-0.39, 0.29) is 12.1 Å². The SMILES string of the molecule is NCC(c1ccc(F)cc1F)C(O)c1ccc(Br)c(Cl)c1. The van der Waals surface area contributed by atoms with E-state index in [0.717, 1.165) is 12.1 Å². The van der Waals surface area contributed by atoms with Crippen molar-refractivity contribution in [3.05, 3.63) is 68.7 Å². The Balaban J connectivity index is 2.37. The molecule has 0 aromatic heterocycles. The van der Waals surface area contributed by atoms with Gasteiger partial charge in [-0.05, 0) is 45.3 Å². The third-order valence-corrected chi connectivity index (χ3v) is 4.51. The van der Waals surface area contributed by atoms with Gasteiger partial charge in [-0.3, -0.25) is 0 Å². The molecule has 0 saturated carbocycles. The molecule has 112 valence electrons. The quantitative estimate of drug-likeness (QED) is 0.842. The fraction of sp³-hybridized carbons (Fsp3) is 0.200. The van der Waals surface area contributed by atoms with Gasteiger partial charge in [-0.2, -0.15) is 0 Å². The number of rotatable bonds is 4. The van der Waals surface area contributed by atoms with Crippen LogP contribution in [-0.4, -0.2) is 11.7 Å². The minimum absolute atomic E-state index is 0.0113. The predicted octanol–water partition coefficient (Wildman–Crippen LogP) is 4.16. The Kier molecular flexibility index (Phi) is 5.32. The van der Waals surface area contributed by atoms with E-state index in [9.17, 15) is 13.9 Å². The molecule has 0 fully saturated rings. The van der Waals surface area contributed by atoms with E-state index in [1.54, 1.807) is 18.2 Å². The van der Waals surface area contributed by atoms with Gasteiger partial charge in [0.2, 0.25) is 0 Å². The van der Waals surface area contributed by atoms with Crippen LogP contribution in [0.1, 0.15) is 23.1 Å². The third-order valence-electron chi connectivity index (χ3n) is 3.28. The van der Waals surface area contributed by atoms with Crippen LogP contribution in [0.4, 0.5) is 8.78 Å². The number of aliphatic hydroxyl groups excluding tert-OH is 1. The molecule has 2 atom stereocenters. The lowest BCUT2D eigenvalue weighted by atomic mass is 9.89. The first-order valence-electron chi connectivity index (χ1n) is 6.22. The molecule has 0 heterocycles. The average molecular weight is 377 g/mol. The predicted molar refractivity (Wildman–Crippen MR) is 82.3 cm³/mol. The number of hydrogen-bond acceptors (Lipinski definition) is 2. The second kappa shape index (κ2) is 6.83. The second-order valence-electron chi connectivity index (χ2n) is 4.63. The van der Waals surface area contributed by atoms with Crippen molar-refractivity contribution in [3.63, 3.8) is 0 Å². The largest absolute Gasteiger partial charge is 0.388 e. The summed E-state index contributed by atoms with van der Waals surface area (Å²) in [6, 6.07) is 8.16. The van der Waals surface area contributed by atoms with Gasteiger partial charge in [0, 0.05) is 23.0 Å². The van der Waals surface area contributed by atoms with Gasteiger partial charge >= 0.3 is 0 Å². The molecule has 2 aromatic carbocycles. The highest BCUT2D eigenvalue weighted by molar-refractivity contribution is 9.10. The molecule has 2 nitrogen and oxygen atoms in total. The summed E-state index contributed by atoms with van der Waals surface area (Å²) in [7, 11) is 0. The van der Waals surface area contributed by atoms with Crippen molar-refractivity contribution in [2.24, 2.45) is 5.73 Å². The number of aliphatic hydroxyl groups is 1. The highest BCUT2D eigenvalue weighted by Gasteiger charge is 2.25. The van der Waals surface area contributed by atoms with Crippen LogP contribution in [0, 0.1) is 11.6 Å². The highest BCUT2D eigenvalue weighted by atomic mass is 79.9. The summed E-state index contributed by atoms with van der Waals surface area (Å²) in [4.78, 5) is 0. The molecule has 21 heavy (non-hydrogen) atoms. The molecule has 2 unspecified atom stereocenters. The van der Waals surface area contributed by atoms with Gasteiger partial charge in [-0.1, -0.05) is 23.7 Å². The van der Waals surface area contributed by atoms with E-state index in [0.29, 0.717) is 15.1 Å². The number of hydrogen-bond donors (Lipinski definition) is 2. The third kappa shape index (κ3) is 3.61. The van der Waals surface area contributed by atoms with Gasteiger partial charge in [-0.25, -0.2) is 8.78 Å². The van der Waals surface area contributed by atoms with Crippen LogP contribution in [0.3, 0.4) is 0 Å². The summed E-state index contributed by atoms with van der Waals surface area (Å²) in [6.45, 7) is 0.0113. The maximum absolute atomic E-state index is 13.9. The summed E-state index contributed by atoms with van der Waals surface area (Å²) in [5.41, 5.74) is 6.34. The van der Waals surface area contributed by atoms with E-state index in [4.69, 9.17) is 17.3 Å². The van der Waals surface area contributed by atoms with Gasteiger partial charge in [0.1, 0.15) is 11.6 Å². The van der Waals surface area contributed by atoms with Crippen molar-refractivity contribution in [3.8, 4) is 0 Å². The molecule has 0 radical (unpaired) electrons. The zero-order valence-corrected chi connectivity index (χ0v) is 13.2. The minimum atomic E-state index is -1.04. The summed E-state index contributed by atoms with van der Waals surface area (Å²) in [5.74, 6) is -2.09. The van der Waals surface area contributed by atoms with Gasteiger partial charge in [-0.15, -0.1) is 0 Å². The normalized spacial score (nSPS) is 14.0. The van der Waals surface area contributed by atoms with Crippen molar-refractivity contribution in [2.75, 3.05) is 6.54 Å². The first-order chi connectivity index (χ1) is 9.93. The maximum atomic E-state index is 13.9. The molecule has 0 spiro atoms. The van der Waals surface area contributed by atoms with Crippen LogP contribution in [0.5, 0.6) is 0 Å². The first-order valence-corrected chi connectivity index (χ1v) is 7.39. The Bertz CT molecular complexity index is 654. The standard InChI is InChI=1S/C15H13BrClF2NO/c16-12-4-1-8(5-13(12)17)15(21)11(7-20)10-3-2-9(18)6-14(10)19/h1-6,11,15,21H,7,20H2. The van der Waals surface area contributed by atoms with Gasteiger partial charge in [0.25, 0.3) is 0 Å². The minimum Gasteiger partial charge on any atom is -0.388 e. The lowest BCUT2D eigenvalue weighted by Crippen LogP contribution is -2.21. The Morgan fingerprint density at radius 2 is 1.90 bits per heavy atom. The van der Waals surface area contributed by atoms with Gasteiger partial charge in [0.15, 0.2) is 0 Å². The van der Waals surface area contributed by atoms with Crippen molar-refractivity contribution in [2.45, 2.75) is 12.0 Å². The number of benzene rings is 2. The zero-order valence-electron chi connectivity index (χ0n) is 10.9. The van der Waals surface area contributed by atoms with Gasteiger partial charge < -0.3 is 10.8 Å². The molecule has 0 bridgehead atoms. The lowest BCUT2D eigenvalue weighted by Gasteiger charge is -2.23. The maximum Gasteiger partial charge on any atom is 0.129 e. The van der Waals surface area contributed by atoms with Gasteiger partial charge in [0.05, 0.1) is 11.1 Å². The van der Waals surface area contributed by atoms with E-state index < -0.39 is 23.7 Å². The van der Waals surface area contributed by atoms with E-state index in [1.807, 2.05) is 0 Å². The zero-order chi connectivity index (χ0) is 15.6. The molecular formula is C15H13BrClF2NO. The topological polar surface area (TPSA) is 46.2 Å². The number of halogens is 4. The fourth-order valence-corrected chi connectivity index (χ4v) is 2.59. The van der Waals surface area contributed by atoms with Crippen molar-refractivity contribution < 1.29 is 13.9 Å². The summed E-state index contributed by atoms with van der Waals surface area (Å²) in [6.07, 6.45) is -1.04. The molecule has 2 aromatic rings. The van der Waals surface area contributed by atoms with Crippen LogP contribution < -0.4 is 5.73 Å². The van der Waals surface area contributed by atoms with E-state index in [1.165, 1.54) is 6.07 Å². The number of nitrogens with two attached hydrogens (primary N) is 1. The molecule has 0 aliphatic rings. The Hall–Kier alpha value is -1.01. The highest BCUT2D eigenvalue weighted by Crippen LogP contribution is 2.34. The van der Waals surface area contributed by atoms with Crippen LogP contribution in [-0.2, 0) is 0 Å². The molecule has 0 saturated heterocycles. The van der Waals surface area contributed by atoms with Crippen LogP contribution in [0.15, 0.2) is 40.9 Å². The molecule has 3 N–H and O–H groups in total. The molecule has 6 heteroatoms. The first kappa shape index (κ1) is 16.4.